The maximum Gasteiger partial charge on any atom is 0.416 e. The molecule has 0 N–H and O–H groups in total. The molecule has 0 atom stereocenters. The van der Waals surface area contributed by atoms with E-state index < -0.39 is 11.7 Å². The van der Waals surface area contributed by atoms with Crippen LogP contribution in [-0.2, 0) is 17.4 Å². The molecule has 1 aromatic carbocycles. The van der Waals surface area contributed by atoms with Gasteiger partial charge in [0.1, 0.15) is 6.29 Å². The quantitative estimate of drug-likeness (QED) is 0.614. The SMILES string of the molecule is O=CCCc1cc(C(F)(F)F)ccc1I. The summed E-state index contributed by atoms with van der Waals surface area (Å²) >= 11 is 1.96. The summed E-state index contributed by atoms with van der Waals surface area (Å²) in [7, 11) is 0. The molecular formula is C10H8F3IO. The minimum Gasteiger partial charge on any atom is -0.303 e. The molecule has 0 aliphatic carbocycles. The average Bonchev–Trinajstić information content (AvgIpc) is 2.15. The van der Waals surface area contributed by atoms with Crippen LogP contribution in [0.3, 0.4) is 0 Å². The predicted molar refractivity (Wildman–Crippen MR) is 58.5 cm³/mol. The van der Waals surface area contributed by atoms with E-state index in [0.29, 0.717) is 18.3 Å². The van der Waals surface area contributed by atoms with Gasteiger partial charge in [-0.15, -0.1) is 0 Å². The number of hydrogen-bond acceptors (Lipinski definition) is 1. The van der Waals surface area contributed by atoms with Crippen molar-refractivity contribution in [2.75, 3.05) is 0 Å². The highest BCUT2D eigenvalue weighted by atomic mass is 127. The monoisotopic (exact) mass is 328 g/mol. The Hall–Kier alpha value is -0.590. The summed E-state index contributed by atoms with van der Waals surface area (Å²) in [5.41, 5.74) is -0.0960. The molecule has 0 radical (unpaired) electrons. The van der Waals surface area contributed by atoms with Gasteiger partial charge < -0.3 is 4.79 Å². The van der Waals surface area contributed by atoms with Crippen molar-refractivity contribution in [3.63, 3.8) is 0 Å². The highest BCUT2D eigenvalue weighted by Gasteiger charge is 2.30. The molecule has 0 spiro atoms. The largest absolute Gasteiger partial charge is 0.416 e. The van der Waals surface area contributed by atoms with Crippen LogP contribution in [0.2, 0.25) is 0 Å². The van der Waals surface area contributed by atoms with Crippen LogP contribution in [0.5, 0.6) is 0 Å². The van der Waals surface area contributed by atoms with E-state index in [1.165, 1.54) is 6.07 Å². The van der Waals surface area contributed by atoms with Gasteiger partial charge >= 0.3 is 6.18 Å². The zero-order valence-corrected chi connectivity index (χ0v) is 9.80. The van der Waals surface area contributed by atoms with Crippen molar-refractivity contribution in [1.82, 2.24) is 0 Å². The molecule has 0 saturated heterocycles. The number of benzene rings is 1. The lowest BCUT2D eigenvalue weighted by molar-refractivity contribution is -0.137. The summed E-state index contributed by atoms with van der Waals surface area (Å²) in [6.45, 7) is 0. The van der Waals surface area contributed by atoms with Crippen LogP contribution in [-0.4, -0.2) is 6.29 Å². The molecule has 0 unspecified atom stereocenters. The Balaban J connectivity index is 3.00. The summed E-state index contributed by atoms with van der Waals surface area (Å²) in [6, 6.07) is 3.57. The van der Waals surface area contributed by atoms with E-state index in [1.54, 1.807) is 0 Å². The van der Waals surface area contributed by atoms with Crippen molar-refractivity contribution in [3.05, 3.63) is 32.9 Å². The van der Waals surface area contributed by atoms with E-state index in [0.717, 1.165) is 15.7 Å². The smallest absolute Gasteiger partial charge is 0.303 e. The third-order valence-corrected chi connectivity index (χ3v) is 2.96. The van der Waals surface area contributed by atoms with Crippen LogP contribution in [0.15, 0.2) is 18.2 Å². The second-order valence-corrected chi connectivity index (χ2v) is 4.17. The highest BCUT2D eigenvalue weighted by Crippen LogP contribution is 2.31. The van der Waals surface area contributed by atoms with Gasteiger partial charge in [-0.05, 0) is 52.8 Å². The molecule has 1 aromatic rings. The fourth-order valence-corrected chi connectivity index (χ4v) is 1.76. The van der Waals surface area contributed by atoms with Crippen molar-refractivity contribution in [2.24, 2.45) is 0 Å². The van der Waals surface area contributed by atoms with Gasteiger partial charge in [0.2, 0.25) is 0 Å². The normalized spacial score (nSPS) is 11.5. The minimum absolute atomic E-state index is 0.247. The summed E-state index contributed by atoms with van der Waals surface area (Å²) in [6.07, 6.45) is -3.01. The molecule has 0 saturated carbocycles. The van der Waals surface area contributed by atoms with Crippen LogP contribution in [0.4, 0.5) is 13.2 Å². The van der Waals surface area contributed by atoms with Crippen LogP contribution >= 0.6 is 22.6 Å². The van der Waals surface area contributed by atoms with Crippen molar-refractivity contribution in [3.8, 4) is 0 Å². The molecular weight excluding hydrogens is 320 g/mol. The molecule has 1 nitrogen and oxygen atoms in total. The van der Waals surface area contributed by atoms with Gasteiger partial charge in [-0.1, -0.05) is 0 Å². The fraction of sp³-hybridized carbons (Fsp3) is 0.300. The van der Waals surface area contributed by atoms with Crippen molar-refractivity contribution in [2.45, 2.75) is 19.0 Å². The van der Waals surface area contributed by atoms with Crippen molar-refractivity contribution < 1.29 is 18.0 Å². The average molecular weight is 328 g/mol. The molecule has 0 bridgehead atoms. The summed E-state index contributed by atoms with van der Waals surface area (Å²) in [5.74, 6) is 0. The first-order valence-electron chi connectivity index (χ1n) is 4.24. The number of carbonyl (C=O) groups excluding carboxylic acids is 1. The number of carbonyl (C=O) groups is 1. The Morgan fingerprint density at radius 1 is 1.33 bits per heavy atom. The first-order chi connectivity index (χ1) is 6.95. The number of halogens is 4. The van der Waals surface area contributed by atoms with Gasteiger partial charge in [-0.3, -0.25) is 0 Å². The molecule has 0 amide bonds. The molecule has 0 aliphatic heterocycles. The standard InChI is InChI=1S/C10H8F3IO/c11-10(12,13)8-3-4-9(14)7(6-8)2-1-5-15/h3-6H,1-2H2. The number of alkyl halides is 3. The maximum atomic E-state index is 12.3. The molecule has 0 aromatic heterocycles. The molecule has 0 heterocycles. The third kappa shape index (κ3) is 3.48. The maximum absolute atomic E-state index is 12.3. The van der Waals surface area contributed by atoms with Crippen LogP contribution in [0, 0.1) is 3.57 Å². The molecule has 82 valence electrons. The number of rotatable bonds is 3. The summed E-state index contributed by atoms with van der Waals surface area (Å²) < 4.78 is 37.8. The Morgan fingerprint density at radius 2 is 2.00 bits per heavy atom. The van der Waals surface area contributed by atoms with Gasteiger partial charge in [0.05, 0.1) is 5.56 Å². The topological polar surface area (TPSA) is 17.1 Å². The summed E-state index contributed by atoms with van der Waals surface area (Å²) in [4.78, 5) is 10.1. The fourth-order valence-electron chi connectivity index (χ4n) is 1.16. The lowest BCUT2D eigenvalue weighted by Crippen LogP contribution is -2.06. The highest BCUT2D eigenvalue weighted by molar-refractivity contribution is 14.1. The number of hydrogen-bond donors (Lipinski definition) is 0. The van der Waals surface area contributed by atoms with E-state index in [-0.39, 0.29) is 6.42 Å². The first kappa shape index (κ1) is 12.5. The lowest BCUT2D eigenvalue weighted by Gasteiger charge is -2.09. The zero-order valence-electron chi connectivity index (χ0n) is 7.64. The lowest BCUT2D eigenvalue weighted by atomic mass is 10.1. The van der Waals surface area contributed by atoms with E-state index in [2.05, 4.69) is 0 Å². The van der Waals surface area contributed by atoms with Gasteiger partial charge in [0.25, 0.3) is 0 Å². The molecule has 1 rings (SSSR count). The van der Waals surface area contributed by atoms with E-state index in [1.807, 2.05) is 22.6 Å². The number of aryl methyl sites for hydroxylation is 1. The van der Waals surface area contributed by atoms with Crippen LogP contribution < -0.4 is 0 Å². The second-order valence-electron chi connectivity index (χ2n) is 3.01. The van der Waals surface area contributed by atoms with E-state index in [4.69, 9.17) is 0 Å². The third-order valence-electron chi connectivity index (χ3n) is 1.90. The summed E-state index contributed by atoms with van der Waals surface area (Å²) in [5, 5.41) is 0. The van der Waals surface area contributed by atoms with Gasteiger partial charge in [-0.25, -0.2) is 0 Å². The zero-order chi connectivity index (χ0) is 11.5. The van der Waals surface area contributed by atoms with E-state index in [9.17, 15) is 18.0 Å². The molecule has 15 heavy (non-hydrogen) atoms. The Bertz CT molecular complexity index is 360. The molecule has 5 heteroatoms. The Kier molecular flexibility index (Phi) is 4.12. The van der Waals surface area contributed by atoms with Crippen LogP contribution in [0.25, 0.3) is 0 Å². The Labute approximate surface area is 98.8 Å². The first-order valence-corrected chi connectivity index (χ1v) is 5.32. The second kappa shape index (κ2) is 4.96. The van der Waals surface area contributed by atoms with E-state index >= 15 is 0 Å². The minimum atomic E-state index is -4.32. The van der Waals surface area contributed by atoms with Gasteiger partial charge in [0.15, 0.2) is 0 Å². The molecule has 0 fully saturated rings. The molecule has 0 aliphatic rings. The van der Waals surface area contributed by atoms with Gasteiger partial charge in [-0.2, -0.15) is 13.2 Å². The van der Waals surface area contributed by atoms with Crippen LogP contribution in [0.1, 0.15) is 17.5 Å². The van der Waals surface area contributed by atoms with Gasteiger partial charge in [0, 0.05) is 9.99 Å². The predicted octanol–water partition coefficient (Wildman–Crippen LogP) is 3.44. The van der Waals surface area contributed by atoms with Crippen molar-refractivity contribution >= 4 is 28.9 Å². The van der Waals surface area contributed by atoms with Crippen molar-refractivity contribution in [1.29, 1.82) is 0 Å². The Morgan fingerprint density at radius 3 is 2.53 bits per heavy atom. The number of aldehydes is 1.